The van der Waals surface area contributed by atoms with Crippen LogP contribution in [0.4, 0.5) is 0 Å². The molecule has 1 aliphatic heterocycles. The van der Waals surface area contributed by atoms with Crippen LogP contribution in [0, 0.1) is 0 Å². The van der Waals surface area contributed by atoms with Crippen molar-refractivity contribution in [3.63, 3.8) is 0 Å². The maximum atomic E-state index is 4.03. The number of nitrogens with zero attached hydrogens (tertiary/aromatic N) is 1. The summed E-state index contributed by atoms with van der Waals surface area (Å²) < 4.78 is 0. The van der Waals surface area contributed by atoms with Crippen LogP contribution in [0.2, 0.25) is 0 Å². The summed E-state index contributed by atoms with van der Waals surface area (Å²) >= 11 is 0. The highest BCUT2D eigenvalue weighted by Crippen LogP contribution is 2.27. The number of piperidine rings is 1. The van der Waals surface area contributed by atoms with Crippen molar-refractivity contribution in [2.24, 2.45) is 0 Å². The van der Waals surface area contributed by atoms with E-state index in [4.69, 9.17) is 0 Å². The van der Waals surface area contributed by atoms with Crippen LogP contribution >= 0.6 is 0 Å². The Bertz CT molecular complexity index is 148. The van der Waals surface area contributed by atoms with Gasteiger partial charge in [-0.2, -0.15) is 0 Å². The minimum atomic E-state index is 0.947. The lowest BCUT2D eigenvalue weighted by Crippen LogP contribution is -2.43. The SMILES string of the molecule is C=C1CCN(C2CCC2)CC1. The van der Waals surface area contributed by atoms with E-state index in [2.05, 4.69) is 11.5 Å². The molecule has 2 rings (SSSR count). The first kappa shape index (κ1) is 7.35. The van der Waals surface area contributed by atoms with Gasteiger partial charge in [-0.15, -0.1) is 0 Å². The van der Waals surface area contributed by atoms with Crippen LogP contribution in [-0.2, 0) is 0 Å². The zero-order valence-electron chi connectivity index (χ0n) is 7.18. The van der Waals surface area contributed by atoms with Gasteiger partial charge in [0, 0.05) is 19.1 Å². The molecule has 0 spiro atoms. The second-order valence-corrected chi connectivity index (χ2v) is 3.87. The molecule has 2 aliphatic rings. The molecule has 0 aromatic heterocycles. The third kappa shape index (κ3) is 1.48. The average Bonchev–Trinajstić information content (AvgIpc) is 1.90. The van der Waals surface area contributed by atoms with Crippen LogP contribution < -0.4 is 0 Å². The lowest BCUT2D eigenvalue weighted by molar-refractivity contribution is 0.118. The molecule has 0 N–H and O–H groups in total. The van der Waals surface area contributed by atoms with Crippen molar-refractivity contribution in [3.05, 3.63) is 12.2 Å². The molecule has 1 heterocycles. The maximum Gasteiger partial charge on any atom is 0.00955 e. The molecule has 1 saturated heterocycles. The fourth-order valence-electron chi connectivity index (χ4n) is 1.96. The number of rotatable bonds is 1. The highest BCUT2D eigenvalue weighted by Gasteiger charge is 2.26. The Morgan fingerprint density at radius 3 is 2.27 bits per heavy atom. The van der Waals surface area contributed by atoms with Crippen molar-refractivity contribution in [2.75, 3.05) is 13.1 Å². The molecule has 11 heavy (non-hydrogen) atoms. The van der Waals surface area contributed by atoms with Gasteiger partial charge in [0.1, 0.15) is 0 Å². The lowest BCUT2D eigenvalue weighted by atomic mass is 9.89. The topological polar surface area (TPSA) is 3.24 Å². The van der Waals surface area contributed by atoms with Crippen LogP contribution in [-0.4, -0.2) is 24.0 Å². The first-order chi connectivity index (χ1) is 5.36. The quantitative estimate of drug-likeness (QED) is 0.519. The summed E-state index contributed by atoms with van der Waals surface area (Å²) in [6.45, 7) is 6.59. The summed E-state index contributed by atoms with van der Waals surface area (Å²) in [6.07, 6.45) is 6.86. The number of hydrogen-bond acceptors (Lipinski definition) is 1. The molecule has 0 radical (unpaired) electrons. The molecule has 62 valence electrons. The molecule has 0 aromatic carbocycles. The van der Waals surface area contributed by atoms with E-state index in [0.29, 0.717) is 0 Å². The van der Waals surface area contributed by atoms with Crippen molar-refractivity contribution in [2.45, 2.75) is 38.1 Å². The van der Waals surface area contributed by atoms with Crippen LogP contribution in [0.3, 0.4) is 0 Å². The van der Waals surface area contributed by atoms with Crippen molar-refractivity contribution in [3.8, 4) is 0 Å². The van der Waals surface area contributed by atoms with Crippen LogP contribution in [0.25, 0.3) is 0 Å². The monoisotopic (exact) mass is 151 g/mol. The molecule has 1 heteroatoms. The highest BCUT2D eigenvalue weighted by molar-refractivity contribution is 5.00. The third-order valence-corrected chi connectivity index (χ3v) is 3.10. The predicted octanol–water partition coefficient (Wildman–Crippen LogP) is 2.19. The Kier molecular flexibility index (Phi) is 1.99. The molecule has 0 unspecified atom stereocenters. The summed E-state index contributed by atoms with van der Waals surface area (Å²) in [5.41, 5.74) is 1.46. The van der Waals surface area contributed by atoms with Crippen LogP contribution in [0.15, 0.2) is 12.2 Å². The van der Waals surface area contributed by atoms with Gasteiger partial charge in [-0.3, -0.25) is 4.90 Å². The maximum absolute atomic E-state index is 4.03. The molecule has 1 aliphatic carbocycles. The van der Waals surface area contributed by atoms with Gasteiger partial charge in [0.05, 0.1) is 0 Å². The van der Waals surface area contributed by atoms with Crippen molar-refractivity contribution in [1.82, 2.24) is 4.90 Å². The smallest absolute Gasteiger partial charge is 0.00955 e. The number of hydrogen-bond donors (Lipinski definition) is 0. The van der Waals surface area contributed by atoms with Gasteiger partial charge >= 0.3 is 0 Å². The van der Waals surface area contributed by atoms with Gasteiger partial charge in [0.2, 0.25) is 0 Å². The second-order valence-electron chi connectivity index (χ2n) is 3.87. The van der Waals surface area contributed by atoms with E-state index < -0.39 is 0 Å². The Morgan fingerprint density at radius 1 is 1.18 bits per heavy atom. The van der Waals surface area contributed by atoms with Crippen LogP contribution in [0.1, 0.15) is 32.1 Å². The van der Waals surface area contributed by atoms with Gasteiger partial charge in [-0.1, -0.05) is 18.6 Å². The van der Waals surface area contributed by atoms with Gasteiger partial charge in [-0.05, 0) is 25.7 Å². The van der Waals surface area contributed by atoms with E-state index in [-0.39, 0.29) is 0 Å². The molecule has 0 atom stereocenters. The van der Waals surface area contributed by atoms with E-state index in [1.807, 2.05) is 0 Å². The first-order valence-electron chi connectivity index (χ1n) is 4.77. The summed E-state index contributed by atoms with van der Waals surface area (Å²) in [5, 5.41) is 0. The fourth-order valence-corrected chi connectivity index (χ4v) is 1.96. The van der Waals surface area contributed by atoms with Gasteiger partial charge < -0.3 is 0 Å². The van der Waals surface area contributed by atoms with Crippen LogP contribution in [0.5, 0.6) is 0 Å². The number of likely N-dealkylation sites (tertiary alicyclic amines) is 1. The Hall–Kier alpha value is -0.300. The molecular formula is C10H17N. The van der Waals surface area contributed by atoms with Crippen molar-refractivity contribution in [1.29, 1.82) is 0 Å². The minimum absolute atomic E-state index is 0.947. The molecule has 0 amide bonds. The van der Waals surface area contributed by atoms with Crippen molar-refractivity contribution >= 4 is 0 Å². The average molecular weight is 151 g/mol. The zero-order valence-corrected chi connectivity index (χ0v) is 7.18. The summed E-state index contributed by atoms with van der Waals surface area (Å²) in [7, 11) is 0. The Labute approximate surface area is 69.1 Å². The summed E-state index contributed by atoms with van der Waals surface area (Å²) in [6, 6.07) is 0.947. The normalized spacial score (nSPS) is 28.5. The van der Waals surface area contributed by atoms with E-state index in [1.54, 1.807) is 0 Å². The molecule has 1 saturated carbocycles. The van der Waals surface area contributed by atoms with E-state index in [1.165, 1.54) is 50.8 Å². The third-order valence-electron chi connectivity index (χ3n) is 3.10. The van der Waals surface area contributed by atoms with E-state index in [0.717, 1.165) is 6.04 Å². The molecule has 1 nitrogen and oxygen atoms in total. The predicted molar refractivity (Wildman–Crippen MR) is 47.6 cm³/mol. The second kappa shape index (κ2) is 2.98. The molecule has 2 fully saturated rings. The van der Waals surface area contributed by atoms with Gasteiger partial charge in [-0.25, -0.2) is 0 Å². The van der Waals surface area contributed by atoms with Gasteiger partial charge in [0.25, 0.3) is 0 Å². The summed E-state index contributed by atoms with van der Waals surface area (Å²) in [4.78, 5) is 2.65. The summed E-state index contributed by atoms with van der Waals surface area (Å²) in [5.74, 6) is 0. The lowest BCUT2D eigenvalue weighted by Gasteiger charge is -2.40. The molecule has 0 bridgehead atoms. The van der Waals surface area contributed by atoms with Crippen molar-refractivity contribution < 1.29 is 0 Å². The van der Waals surface area contributed by atoms with E-state index >= 15 is 0 Å². The molecular weight excluding hydrogens is 134 g/mol. The largest absolute Gasteiger partial charge is 0.300 e. The van der Waals surface area contributed by atoms with E-state index in [9.17, 15) is 0 Å². The Balaban J connectivity index is 1.82. The standard InChI is InChI=1S/C10H17N/c1-9-5-7-11(8-6-9)10-3-2-4-10/h10H,1-8H2. The van der Waals surface area contributed by atoms with Gasteiger partial charge in [0.15, 0.2) is 0 Å². The fraction of sp³-hybridized carbons (Fsp3) is 0.800. The minimum Gasteiger partial charge on any atom is -0.300 e. The molecule has 0 aromatic rings. The highest BCUT2D eigenvalue weighted by atomic mass is 15.2. The zero-order chi connectivity index (χ0) is 7.68. The first-order valence-corrected chi connectivity index (χ1v) is 4.77. The Morgan fingerprint density at radius 2 is 1.82 bits per heavy atom.